The molecule has 0 saturated carbocycles. The van der Waals surface area contributed by atoms with E-state index in [-0.39, 0.29) is 23.7 Å². The molecule has 0 aliphatic heterocycles. The Morgan fingerprint density at radius 1 is 1.26 bits per heavy atom. The summed E-state index contributed by atoms with van der Waals surface area (Å²) in [6.45, 7) is 3.39. The van der Waals surface area contributed by atoms with Crippen LogP contribution in [0.1, 0.15) is 31.0 Å². The van der Waals surface area contributed by atoms with Crippen molar-refractivity contribution in [2.75, 3.05) is 5.88 Å². The first-order chi connectivity index (χ1) is 8.75. The molecule has 1 N–H and O–H groups in total. The molecule has 6 heteroatoms. The van der Waals surface area contributed by atoms with Crippen molar-refractivity contribution in [3.05, 3.63) is 35.4 Å². The van der Waals surface area contributed by atoms with Crippen LogP contribution in [0.2, 0.25) is 0 Å². The monoisotopic (exact) mass is 293 g/mol. The highest BCUT2D eigenvalue weighted by Gasteiger charge is 2.30. The Hall–Kier alpha value is -1.23. The molecule has 1 aromatic rings. The van der Waals surface area contributed by atoms with Gasteiger partial charge in [-0.05, 0) is 24.6 Å². The molecule has 0 fully saturated rings. The quantitative estimate of drug-likeness (QED) is 0.842. The predicted octanol–water partition coefficient (Wildman–Crippen LogP) is 3.76. The molecule has 0 heterocycles. The topological polar surface area (TPSA) is 29.1 Å². The van der Waals surface area contributed by atoms with Crippen molar-refractivity contribution in [1.29, 1.82) is 0 Å². The molecular formula is C13H15ClF3NO. The summed E-state index contributed by atoms with van der Waals surface area (Å²) < 4.78 is 37.2. The summed E-state index contributed by atoms with van der Waals surface area (Å²) in [6, 6.07) is 4.37. The Kier molecular flexibility index (Phi) is 5.23. The maximum absolute atomic E-state index is 12.4. The number of hydrogen-bond donors (Lipinski definition) is 1. The molecule has 0 aromatic heterocycles. The molecule has 2 unspecified atom stereocenters. The molecule has 0 spiro atoms. The van der Waals surface area contributed by atoms with Crippen molar-refractivity contribution in [2.24, 2.45) is 5.92 Å². The van der Waals surface area contributed by atoms with Crippen molar-refractivity contribution >= 4 is 17.5 Å². The van der Waals surface area contributed by atoms with Gasteiger partial charge >= 0.3 is 6.18 Å². The minimum Gasteiger partial charge on any atom is -0.349 e. The number of alkyl halides is 4. The normalized spacial score (nSPS) is 14.8. The SMILES string of the molecule is CC(CCl)C(=O)NC(C)c1ccc(C(F)(F)F)cc1. The average Bonchev–Trinajstić information content (AvgIpc) is 2.36. The maximum Gasteiger partial charge on any atom is 0.416 e. The Morgan fingerprint density at radius 2 is 1.79 bits per heavy atom. The van der Waals surface area contributed by atoms with Crippen LogP contribution >= 0.6 is 11.6 Å². The van der Waals surface area contributed by atoms with Gasteiger partial charge in [0, 0.05) is 11.8 Å². The number of carbonyl (C=O) groups excluding carboxylic acids is 1. The second-order valence-corrected chi connectivity index (χ2v) is 4.71. The summed E-state index contributed by atoms with van der Waals surface area (Å²) in [7, 11) is 0. The first kappa shape index (κ1) is 15.8. The molecule has 0 bridgehead atoms. The van der Waals surface area contributed by atoms with Crippen molar-refractivity contribution in [2.45, 2.75) is 26.1 Å². The fourth-order valence-electron chi connectivity index (χ4n) is 1.47. The van der Waals surface area contributed by atoms with Crippen LogP contribution in [0.5, 0.6) is 0 Å². The van der Waals surface area contributed by atoms with Crippen LogP contribution in [-0.4, -0.2) is 11.8 Å². The summed E-state index contributed by atoms with van der Waals surface area (Å²) in [5.74, 6) is -0.355. The fraction of sp³-hybridized carbons (Fsp3) is 0.462. The van der Waals surface area contributed by atoms with E-state index in [1.165, 1.54) is 12.1 Å². The average molecular weight is 294 g/mol. The van der Waals surface area contributed by atoms with Gasteiger partial charge in [0.2, 0.25) is 5.91 Å². The van der Waals surface area contributed by atoms with Crippen LogP contribution in [0.15, 0.2) is 24.3 Å². The molecule has 0 radical (unpaired) electrons. The lowest BCUT2D eigenvalue weighted by atomic mass is 10.0. The largest absolute Gasteiger partial charge is 0.416 e. The smallest absolute Gasteiger partial charge is 0.349 e. The third-order valence-corrected chi connectivity index (χ3v) is 3.24. The molecule has 19 heavy (non-hydrogen) atoms. The highest BCUT2D eigenvalue weighted by molar-refractivity contribution is 6.19. The molecule has 1 aromatic carbocycles. The summed E-state index contributed by atoms with van der Waals surface area (Å²) in [5, 5.41) is 2.70. The van der Waals surface area contributed by atoms with Gasteiger partial charge in [-0.25, -0.2) is 0 Å². The number of nitrogens with one attached hydrogen (secondary N) is 1. The van der Waals surface area contributed by atoms with Gasteiger partial charge in [-0.3, -0.25) is 4.79 Å². The van der Waals surface area contributed by atoms with Gasteiger partial charge in [0.25, 0.3) is 0 Å². The van der Waals surface area contributed by atoms with Crippen LogP contribution in [0, 0.1) is 5.92 Å². The Morgan fingerprint density at radius 3 is 2.21 bits per heavy atom. The van der Waals surface area contributed by atoms with Crippen LogP contribution in [-0.2, 0) is 11.0 Å². The highest BCUT2D eigenvalue weighted by atomic mass is 35.5. The third kappa shape index (κ3) is 4.42. The molecule has 106 valence electrons. The van der Waals surface area contributed by atoms with Crippen molar-refractivity contribution < 1.29 is 18.0 Å². The van der Waals surface area contributed by atoms with Crippen molar-refractivity contribution in [3.63, 3.8) is 0 Å². The zero-order valence-electron chi connectivity index (χ0n) is 10.6. The lowest BCUT2D eigenvalue weighted by Crippen LogP contribution is -2.32. The lowest BCUT2D eigenvalue weighted by Gasteiger charge is -2.17. The van der Waals surface area contributed by atoms with E-state index in [2.05, 4.69) is 5.32 Å². The van der Waals surface area contributed by atoms with Crippen LogP contribution < -0.4 is 5.32 Å². The summed E-state index contributed by atoms with van der Waals surface area (Å²) >= 11 is 5.56. The van der Waals surface area contributed by atoms with E-state index in [1.54, 1.807) is 13.8 Å². The zero-order valence-corrected chi connectivity index (χ0v) is 11.3. The molecular weight excluding hydrogens is 279 g/mol. The number of amides is 1. The fourth-order valence-corrected chi connectivity index (χ4v) is 1.61. The highest BCUT2D eigenvalue weighted by Crippen LogP contribution is 2.29. The number of rotatable bonds is 4. The van der Waals surface area contributed by atoms with Crippen molar-refractivity contribution in [1.82, 2.24) is 5.32 Å². The van der Waals surface area contributed by atoms with E-state index in [1.807, 2.05) is 0 Å². The summed E-state index contributed by atoms with van der Waals surface area (Å²) in [4.78, 5) is 11.6. The molecule has 0 aliphatic rings. The lowest BCUT2D eigenvalue weighted by molar-refractivity contribution is -0.137. The molecule has 0 saturated heterocycles. The Labute approximate surface area is 114 Å². The van der Waals surface area contributed by atoms with E-state index in [9.17, 15) is 18.0 Å². The van der Waals surface area contributed by atoms with E-state index in [0.29, 0.717) is 5.56 Å². The van der Waals surface area contributed by atoms with Crippen LogP contribution in [0.3, 0.4) is 0 Å². The number of hydrogen-bond acceptors (Lipinski definition) is 1. The third-order valence-electron chi connectivity index (χ3n) is 2.78. The Balaban J connectivity index is 2.73. The molecule has 0 aliphatic carbocycles. The summed E-state index contributed by atoms with van der Waals surface area (Å²) in [6.07, 6.45) is -4.35. The maximum atomic E-state index is 12.4. The van der Waals surface area contributed by atoms with Crippen LogP contribution in [0.25, 0.3) is 0 Å². The minimum atomic E-state index is -4.35. The molecule has 1 amide bonds. The molecule has 2 atom stereocenters. The molecule has 1 rings (SSSR count). The predicted molar refractivity (Wildman–Crippen MR) is 67.9 cm³/mol. The number of carbonyl (C=O) groups is 1. The minimum absolute atomic E-state index is 0.200. The van der Waals surface area contributed by atoms with Crippen LogP contribution in [0.4, 0.5) is 13.2 Å². The van der Waals surface area contributed by atoms with Gasteiger partial charge in [0.15, 0.2) is 0 Å². The standard InChI is InChI=1S/C13H15ClF3NO/c1-8(7-14)12(19)18-9(2)10-3-5-11(6-4-10)13(15,16)17/h3-6,8-9H,7H2,1-2H3,(H,18,19). The van der Waals surface area contributed by atoms with Gasteiger partial charge in [-0.15, -0.1) is 11.6 Å². The second-order valence-electron chi connectivity index (χ2n) is 4.41. The van der Waals surface area contributed by atoms with Gasteiger partial charge in [-0.1, -0.05) is 19.1 Å². The second kappa shape index (κ2) is 6.28. The van der Waals surface area contributed by atoms with Gasteiger partial charge < -0.3 is 5.32 Å². The van der Waals surface area contributed by atoms with Gasteiger partial charge in [0.1, 0.15) is 0 Å². The van der Waals surface area contributed by atoms with E-state index in [0.717, 1.165) is 12.1 Å². The Bertz CT molecular complexity index is 431. The first-order valence-electron chi connectivity index (χ1n) is 5.79. The summed E-state index contributed by atoms with van der Waals surface area (Å²) in [5.41, 5.74) is -0.0907. The zero-order chi connectivity index (χ0) is 14.6. The van der Waals surface area contributed by atoms with E-state index < -0.39 is 11.7 Å². The van der Waals surface area contributed by atoms with Gasteiger partial charge in [0.05, 0.1) is 11.6 Å². The first-order valence-corrected chi connectivity index (χ1v) is 6.32. The van der Waals surface area contributed by atoms with E-state index in [4.69, 9.17) is 11.6 Å². The number of benzene rings is 1. The number of halogens is 4. The molecule has 2 nitrogen and oxygen atoms in total. The van der Waals surface area contributed by atoms with E-state index >= 15 is 0 Å². The van der Waals surface area contributed by atoms with Gasteiger partial charge in [-0.2, -0.15) is 13.2 Å². The van der Waals surface area contributed by atoms with Crippen molar-refractivity contribution in [3.8, 4) is 0 Å².